The Bertz CT molecular complexity index is 368. The molecule has 0 radical (unpaired) electrons. The van der Waals surface area contributed by atoms with Gasteiger partial charge in [0.05, 0.1) is 13.0 Å². The van der Waals surface area contributed by atoms with Crippen molar-refractivity contribution in [2.24, 2.45) is 5.73 Å². The number of hydrogen-bond donors (Lipinski definition) is 2. The summed E-state index contributed by atoms with van der Waals surface area (Å²) in [6, 6.07) is 4.90. The second-order valence-electron chi connectivity index (χ2n) is 3.01. The summed E-state index contributed by atoms with van der Waals surface area (Å²) in [5.74, 6) is -1.04. The number of methoxy groups -OCH3 is 1. The summed E-state index contributed by atoms with van der Waals surface area (Å²) in [7, 11) is 1.29. The van der Waals surface area contributed by atoms with Gasteiger partial charge in [-0.2, -0.15) is 0 Å². The van der Waals surface area contributed by atoms with Gasteiger partial charge in [0.1, 0.15) is 5.75 Å². The Kier molecular flexibility index (Phi) is 4.11. The number of halogens is 1. The lowest BCUT2D eigenvalue weighted by Crippen LogP contribution is -2.22. The number of hydrogen-bond acceptors (Lipinski definition) is 4. The van der Waals surface area contributed by atoms with Gasteiger partial charge in [0, 0.05) is 16.6 Å². The molecule has 1 rings (SSSR count). The average Bonchev–Trinajstić information content (AvgIpc) is 2.21. The second kappa shape index (κ2) is 5.14. The molecule has 5 heteroatoms. The zero-order chi connectivity index (χ0) is 11.4. The maximum Gasteiger partial charge on any atom is 0.314 e. The van der Waals surface area contributed by atoms with Crippen LogP contribution in [0.4, 0.5) is 0 Å². The van der Waals surface area contributed by atoms with Gasteiger partial charge in [-0.1, -0.05) is 22.0 Å². The molecule has 82 valence electrons. The molecule has 4 nitrogen and oxygen atoms in total. The fourth-order valence-corrected chi connectivity index (χ4v) is 1.65. The van der Waals surface area contributed by atoms with Crippen molar-refractivity contribution >= 4 is 21.9 Å². The molecule has 0 saturated heterocycles. The minimum Gasteiger partial charge on any atom is -0.508 e. The Morgan fingerprint density at radius 2 is 2.33 bits per heavy atom. The third kappa shape index (κ3) is 2.70. The SMILES string of the molecule is COC(=O)C(CN)c1ccc(Br)cc1O. The maximum absolute atomic E-state index is 11.4. The fourth-order valence-electron chi connectivity index (χ4n) is 1.30. The number of ether oxygens (including phenoxy) is 1. The number of aromatic hydroxyl groups is 1. The third-order valence-corrected chi connectivity index (χ3v) is 2.58. The van der Waals surface area contributed by atoms with Crippen LogP contribution >= 0.6 is 15.9 Å². The monoisotopic (exact) mass is 273 g/mol. The fraction of sp³-hybridized carbons (Fsp3) is 0.300. The van der Waals surface area contributed by atoms with E-state index in [-0.39, 0.29) is 12.3 Å². The Morgan fingerprint density at radius 3 is 2.80 bits per heavy atom. The molecule has 3 N–H and O–H groups in total. The van der Waals surface area contributed by atoms with E-state index < -0.39 is 11.9 Å². The van der Waals surface area contributed by atoms with E-state index >= 15 is 0 Å². The summed E-state index contributed by atoms with van der Waals surface area (Å²) in [5.41, 5.74) is 5.94. The van der Waals surface area contributed by atoms with Crippen LogP contribution in [0.3, 0.4) is 0 Å². The van der Waals surface area contributed by atoms with Crippen LogP contribution in [0, 0.1) is 0 Å². The summed E-state index contributed by atoms with van der Waals surface area (Å²) in [5, 5.41) is 9.64. The highest BCUT2D eigenvalue weighted by atomic mass is 79.9. The Morgan fingerprint density at radius 1 is 1.67 bits per heavy atom. The standard InChI is InChI=1S/C10H12BrNO3/c1-15-10(14)8(5-12)7-3-2-6(11)4-9(7)13/h2-4,8,13H,5,12H2,1H3. The van der Waals surface area contributed by atoms with E-state index in [4.69, 9.17) is 5.73 Å². The van der Waals surface area contributed by atoms with Crippen LogP contribution in [0.15, 0.2) is 22.7 Å². The van der Waals surface area contributed by atoms with E-state index in [0.717, 1.165) is 4.47 Å². The molecule has 1 unspecified atom stereocenters. The van der Waals surface area contributed by atoms with E-state index in [9.17, 15) is 9.90 Å². The molecule has 0 aliphatic carbocycles. The highest BCUT2D eigenvalue weighted by Gasteiger charge is 2.22. The molecule has 0 heterocycles. The van der Waals surface area contributed by atoms with Gasteiger partial charge >= 0.3 is 5.97 Å². The van der Waals surface area contributed by atoms with E-state index in [0.29, 0.717) is 5.56 Å². The highest BCUT2D eigenvalue weighted by molar-refractivity contribution is 9.10. The van der Waals surface area contributed by atoms with Crippen LogP contribution < -0.4 is 5.73 Å². The lowest BCUT2D eigenvalue weighted by molar-refractivity contribution is -0.142. The van der Waals surface area contributed by atoms with Gasteiger partial charge in [-0.25, -0.2) is 0 Å². The molecule has 0 fully saturated rings. The maximum atomic E-state index is 11.4. The number of carbonyl (C=O) groups excluding carboxylic acids is 1. The van der Waals surface area contributed by atoms with Crippen molar-refractivity contribution in [2.75, 3.05) is 13.7 Å². The van der Waals surface area contributed by atoms with Gasteiger partial charge in [-0.3, -0.25) is 4.79 Å². The van der Waals surface area contributed by atoms with Gasteiger partial charge in [-0.05, 0) is 12.1 Å². The zero-order valence-electron chi connectivity index (χ0n) is 8.24. The largest absolute Gasteiger partial charge is 0.508 e. The van der Waals surface area contributed by atoms with E-state index in [1.807, 2.05) is 0 Å². The molecular formula is C10H12BrNO3. The predicted molar refractivity (Wildman–Crippen MR) is 59.6 cm³/mol. The molecule has 0 aromatic heterocycles. The first-order valence-corrected chi connectivity index (χ1v) is 5.15. The average molecular weight is 274 g/mol. The molecule has 0 spiro atoms. The normalized spacial score (nSPS) is 12.2. The highest BCUT2D eigenvalue weighted by Crippen LogP contribution is 2.28. The lowest BCUT2D eigenvalue weighted by Gasteiger charge is -2.14. The Labute approximate surface area is 96.2 Å². The minimum atomic E-state index is -0.622. The van der Waals surface area contributed by atoms with Crippen molar-refractivity contribution in [2.45, 2.75) is 5.92 Å². The molecule has 0 aliphatic rings. The molecule has 15 heavy (non-hydrogen) atoms. The molecule has 1 atom stereocenters. The van der Waals surface area contributed by atoms with Crippen molar-refractivity contribution in [1.29, 1.82) is 0 Å². The first kappa shape index (κ1) is 12.0. The van der Waals surface area contributed by atoms with Crippen LogP contribution in [-0.4, -0.2) is 24.7 Å². The zero-order valence-corrected chi connectivity index (χ0v) is 9.82. The predicted octanol–water partition coefficient (Wildman–Crippen LogP) is 1.37. The van der Waals surface area contributed by atoms with Crippen LogP contribution in [0.25, 0.3) is 0 Å². The van der Waals surface area contributed by atoms with Gasteiger partial charge in [0.2, 0.25) is 0 Å². The number of phenolic OH excluding ortho intramolecular Hbond substituents is 1. The quantitative estimate of drug-likeness (QED) is 0.816. The molecule has 0 bridgehead atoms. The second-order valence-corrected chi connectivity index (χ2v) is 3.93. The third-order valence-electron chi connectivity index (χ3n) is 2.09. The van der Waals surface area contributed by atoms with Crippen LogP contribution in [-0.2, 0) is 9.53 Å². The molecule has 0 amide bonds. The summed E-state index contributed by atoms with van der Waals surface area (Å²) in [6.45, 7) is 0.0991. The first-order valence-electron chi connectivity index (χ1n) is 4.36. The number of esters is 1. The number of nitrogens with two attached hydrogens (primary N) is 1. The number of carbonyl (C=O) groups is 1. The first-order chi connectivity index (χ1) is 7.10. The topological polar surface area (TPSA) is 72.5 Å². The summed E-state index contributed by atoms with van der Waals surface area (Å²) >= 11 is 3.21. The van der Waals surface area contributed by atoms with Crippen LogP contribution in [0.2, 0.25) is 0 Å². The van der Waals surface area contributed by atoms with Gasteiger partial charge in [0.15, 0.2) is 0 Å². The molecule has 1 aromatic rings. The number of benzene rings is 1. The number of rotatable bonds is 3. The van der Waals surface area contributed by atoms with Crippen molar-refractivity contribution in [3.05, 3.63) is 28.2 Å². The summed E-state index contributed by atoms with van der Waals surface area (Å²) < 4.78 is 5.34. The summed E-state index contributed by atoms with van der Waals surface area (Å²) in [6.07, 6.45) is 0. The molecule has 1 aromatic carbocycles. The van der Waals surface area contributed by atoms with Gasteiger partial charge < -0.3 is 15.6 Å². The van der Waals surface area contributed by atoms with Crippen molar-refractivity contribution < 1.29 is 14.6 Å². The Hall–Kier alpha value is -1.07. The lowest BCUT2D eigenvalue weighted by atomic mass is 9.98. The van der Waals surface area contributed by atoms with Crippen LogP contribution in [0.1, 0.15) is 11.5 Å². The van der Waals surface area contributed by atoms with E-state index in [2.05, 4.69) is 20.7 Å². The molecule has 0 saturated carbocycles. The minimum absolute atomic E-state index is 0.0326. The van der Waals surface area contributed by atoms with E-state index in [1.165, 1.54) is 13.2 Å². The van der Waals surface area contributed by atoms with Crippen LogP contribution in [0.5, 0.6) is 5.75 Å². The number of phenols is 1. The van der Waals surface area contributed by atoms with Gasteiger partial charge in [0.25, 0.3) is 0 Å². The van der Waals surface area contributed by atoms with Crippen molar-refractivity contribution in [1.82, 2.24) is 0 Å². The van der Waals surface area contributed by atoms with E-state index in [1.54, 1.807) is 12.1 Å². The van der Waals surface area contributed by atoms with Crippen molar-refractivity contribution in [3.63, 3.8) is 0 Å². The Balaban J connectivity index is 3.07. The van der Waals surface area contributed by atoms with Gasteiger partial charge in [-0.15, -0.1) is 0 Å². The smallest absolute Gasteiger partial charge is 0.314 e. The molecular weight excluding hydrogens is 262 g/mol. The molecule has 0 aliphatic heterocycles. The van der Waals surface area contributed by atoms with Crippen molar-refractivity contribution in [3.8, 4) is 5.75 Å². The summed E-state index contributed by atoms with van der Waals surface area (Å²) in [4.78, 5) is 11.4.